The Labute approximate surface area is 147 Å². The zero-order valence-corrected chi connectivity index (χ0v) is 16.0. The van der Waals surface area contributed by atoms with E-state index in [-0.39, 0.29) is 24.9 Å². The van der Waals surface area contributed by atoms with Gasteiger partial charge in [0.1, 0.15) is 0 Å². The van der Waals surface area contributed by atoms with Crippen LogP contribution >= 0.6 is 47.8 Å². The molecule has 5 nitrogen and oxygen atoms in total. The monoisotopic (exact) mass is 486 g/mol. The third kappa shape index (κ3) is 5.19. The largest absolute Gasteiger partial charge is 0.482 e. The first-order valence-corrected chi connectivity index (χ1v) is 8.34. The molecule has 116 valence electrons. The van der Waals surface area contributed by atoms with E-state index in [1.54, 1.807) is 26.0 Å². The molecule has 1 N–H and O–H groups in total. The van der Waals surface area contributed by atoms with Crippen molar-refractivity contribution in [2.45, 2.75) is 13.8 Å². The van der Waals surface area contributed by atoms with Crippen molar-refractivity contribution in [1.29, 1.82) is 0 Å². The summed E-state index contributed by atoms with van der Waals surface area (Å²) in [6, 6.07) is 3.54. The number of carboxylic acid groups (broad SMARTS) is 1. The Hall–Kier alpha value is -0.730. The van der Waals surface area contributed by atoms with Gasteiger partial charge in [0, 0.05) is 4.47 Å². The van der Waals surface area contributed by atoms with Crippen LogP contribution in [0.1, 0.15) is 13.8 Å². The Morgan fingerprint density at radius 2 is 1.62 bits per heavy atom. The molecule has 0 radical (unpaired) electrons. The van der Waals surface area contributed by atoms with Crippen molar-refractivity contribution in [2.24, 2.45) is 0 Å². The lowest BCUT2D eigenvalue weighted by Gasteiger charge is -2.15. The summed E-state index contributed by atoms with van der Waals surface area (Å²) in [5, 5.41) is 9.19. The molecule has 0 spiro atoms. The predicted octanol–water partition coefficient (Wildman–Crippen LogP) is 4.68. The molecule has 0 fully saturated rings. The highest BCUT2D eigenvalue weighted by Crippen LogP contribution is 2.38. The number of hydrogen-bond acceptors (Lipinski definition) is 4. The van der Waals surface area contributed by atoms with Crippen LogP contribution in [0.25, 0.3) is 0 Å². The second-order valence-corrected chi connectivity index (χ2v) is 6.21. The first kappa shape index (κ1) is 18.3. The highest BCUT2D eigenvalue weighted by Gasteiger charge is 2.22. The lowest BCUT2D eigenvalue weighted by molar-refractivity contribution is -0.137. The smallest absolute Gasteiger partial charge is 0.378 e. The average molecular weight is 489 g/mol. The highest BCUT2D eigenvalue weighted by atomic mass is 79.9. The molecule has 0 saturated carbocycles. The van der Waals surface area contributed by atoms with Crippen LogP contribution in [0.2, 0.25) is 0 Å². The number of carboxylic acids is 1. The van der Waals surface area contributed by atoms with E-state index in [9.17, 15) is 9.90 Å². The van der Waals surface area contributed by atoms with Gasteiger partial charge >= 0.3 is 11.9 Å². The molecule has 0 saturated heterocycles. The molecule has 1 rings (SSSR count). The van der Waals surface area contributed by atoms with Crippen LogP contribution in [0.15, 0.2) is 37.3 Å². The minimum atomic E-state index is -1.26. The van der Waals surface area contributed by atoms with E-state index >= 15 is 0 Å². The number of rotatable bonds is 7. The first-order chi connectivity index (χ1) is 9.90. The molecule has 0 aromatic heterocycles. The third-order valence-corrected chi connectivity index (χ3v) is 3.74. The standard InChI is InChI=1S/C13H13Br3O5/c1-3-19-11(12(17)18)13(20-4-2)21-10-8(15)5-7(14)6-9(10)16/h5-6H,3-4H2,1-2H3,(H,17,18). The second kappa shape index (κ2) is 8.65. The normalized spacial score (nSPS) is 11.7. The highest BCUT2D eigenvalue weighted by molar-refractivity contribution is 9.11. The molecule has 21 heavy (non-hydrogen) atoms. The maximum atomic E-state index is 11.2. The van der Waals surface area contributed by atoms with E-state index < -0.39 is 5.97 Å². The lowest BCUT2D eigenvalue weighted by atomic mass is 10.3. The van der Waals surface area contributed by atoms with Gasteiger partial charge in [0.15, 0.2) is 5.75 Å². The fourth-order valence-electron chi connectivity index (χ4n) is 1.34. The van der Waals surface area contributed by atoms with Gasteiger partial charge in [0.25, 0.3) is 5.76 Å². The maximum Gasteiger partial charge on any atom is 0.378 e. The summed E-state index contributed by atoms with van der Waals surface area (Å²) >= 11 is 10.0. The number of benzene rings is 1. The van der Waals surface area contributed by atoms with E-state index in [4.69, 9.17) is 14.2 Å². The van der Waals surface area contributed by atoms with Crippen LogP contribution < -0.4 is 4.74 Å². The SMILES string of the molecule is CCOC(Oc1c(Br)cc(Br)cc1Br)=C(OCC)C(=O)O. The number of ether oxygens (including phenoxy) is 3. The molecule has 0 unspecified atom stereocenters. The van der Waals surface area contributed by atoms with Crippen LogP contribution in [0, 0.1) is 0 Å². The molecule has 0 amide bonds. The van der Waals surface area contributed by atoms with E-state index in [2.05, 4.69) is 47.8 Å². The second-order valence-electron chi connectivity index (χ2n) is 3.59. The van der Waals surface area contributed by atoms with Gasteiger partial charge < -0.3 is 19.3 Å². The van der Waals surface area contributed by atoms with Gasteiger partial charge in [-0.3, -0.25) is 0 Å². The molecule has 0 aliphatic carbocycles. The van der Waals surface area contributed by atoms with Crippen molar-refractivity contribution >= 4 is 53.8 Å². The third-order valence-electron chi connectivity index (χ3n) is 2.10. The van der Waals surface area contributed by atoms with Gasteiger partial charge in [-0.2, -0.15) is 0 Å². The fraction of sp³-hybridized carbons (Fsp3) is 0.308. The first-order valence-electron chi connectivity index (χ1n) is 5.96. The van der Waals surface area contributed by atoms with Gasteiger partial charge in [0.05, 0.1) is 22.2 Å². The minimum absolute atomic E-state index is 0.185. The summed E-state index contributed by atoms with van der Waals surface area (Å²) in [4.78, 5) is 11.2. The number of aliphatic carboxylic acids is 1. The van der Waals surface area contributed by atoms with Crippen LogP contribution in [0.5, 0.6) is 5.75 Å². The van der Waals surface area contributed by atoms with E-state index in [1.165, 1.54) is 0 Å². The molecule has 0 atom stereocenters. The Morgan fingerprint density at radius 3 is 2.05 bits per heavy atom. The molecule has 1 aromatic rings. The molecular weight excluding hydrogens is 476 g/mol. The Balaban J connectivity index is 3.25. The maximum absolute atomic E-state index is 11.2. The molecule has 0 bridgehead atoms. The van der Waals surface area contributed by atoms with Gasteiger partial charge in [-0.15, -0.1) is 0 Å². The Kier molecular flexibility index (Phi) is 7.55. The average Bonchev–Trinajstić information content (AvgIpc) is 2.38. The minimum Gasteiger partial charge on any atom is -0.482 e. The Morgan fingerprint density at radius 1 is 1.10 bits per heavy atom. The lowest BCUT2D eigenvalue weighted by Crippen LogP contribution is -2.14. The number of halogens is 3. The molecular formula is C13H13Br3O5. The van der Waals surface area contributed by atoms with Gasteiger partial charge in [-0.05, 0) is 57.8 Å². The van der Waals surface area contributed by atoms with Crippen molar-refractivity contribution in [3.63, 3.8) is 0 Å². The van der Waals surface area contributed by atoms with Gasteiger partial charge in [-0.25, -0.2) is 4.79 Å². The summed E-state index contributed by atoms with van der Waals surface area (Å²) in [5.74, 6) is -1.44. The van der Waals surface area contributed by atoms with Crippen LogP contribution in [-0.2, 0) is 14.3 Å². The van der Waals surface area contributed by atoms with E-state index in [0.29, 0.717) is 14.7 Å². The molecule has 0 heterocycles. The van der Waals surface area contributed by atoms with Crippen LogP contribution in [-0.4, -0.2) is 24.3 Å². The van der Waals surface area contributed by atoms with Crippen LogP contribution in [0.4, 0.5) is 0 Å². The summed E-state index contributed by atoms with van der Waals surface area (Å²) in [5.41, 5.74) is 0. The number of carbonyl (C=O) groups is 1. The van der Waals surface area contributed by atoms with E-state index in [1.807, 2.05) is 0 Å². The zero-order chi connectivity index (χ0) is 16.0. The predicted molar refractivity (Wildman–Crippen MR) is 88.1 cm³/mol. The fourth-order valence-corrected chi connectivity index (χ4v) is 3.76. The van der Waals surface area contributed by atoms with Gasteiger partial charge in [-0.1, -0.05) is 15.9 Å². The quantitative estimate of drug-likeness (QED) is 0.446. The van der Waals surface area contributed by atoms with Crippen molar-refractivity contribution in [2.75, 3.05) is 13.2 Å². The van der Waals surface area contributed by atoms with Gasteiger partial charge in [0.2, 0.25) is 0 Å². The number of hydrogen-bond donors (Lipinski definition) is 1. The summed E-state index contributed by atoms with van der Waals surface area (Å²) in [7, 11) is 0. The van der Waals surface area contributed by atoms with Crippen molar-refractivity contribution in [1.82, 2.24) is 0 Å². The van der Waals surface area contributed by atoms with E-state index in [0.717, 1.165) is 4.47 Å². The van der Waals surface area contributed by atoms with Crippen molar-refractivity contribution in [3.05, 3.63) is 37.3 Å². The summed E-state index contributed by atoms with van der Waals surface area (Å²) in [6.45, 7) is 3.83. The molecule has 0 aliphatic rings. The van der Waals surface area contributed by atoms with Crippen molar-refractivity contribution in [3.8, 4) is 5.75 Å². The zero-order valence-electron chi connectivity index (χ0n) is 11.3. The summed E-state index contributed by atoms with van der Waals surface area (Å²) < 4.78 is 18.0. The van der Waals surface area contributed by atoms with Crippen LogP contribution in [0.3, 0.4) is 0 Å². The van der Waals surface area contributed by atoms with Crippen molar-refractivity contribution < 1.29 is 24.1 Å². The molecule has 0 aliphatic heterocycles. The molecule has 8 heteroatoms. The molecule has 1 aromatic carbocycles. The summed E-state index contributed by atoms with van der Waals surface area (Å²) in [6.07, 6.45) is 0. The topological polar surface area (TPSA) is 65.0 Å². The Bertz CT molecular complexity index is 534.